The highest BCUT2D eigenvalue weighted by atomic mass is 127. The Hall–Kier alpha value is -3.96. The second kappa shape index (κ2) is 11.5. The van der Waals surface area contributed by atoms with Crippen LogP contribution in [0.15, 0.2) is 117 Å². The van der Waals surface area contributed by atoms with Crippen molar-refractivity contribution in [3.8, 4) is 0 Å². The molecule has 1 unspecified atom stereocenters. The van der Waals surface area contributed by atoms with E-state index in [0.29, 0.717) is 20.3 Å². The molecule has 0 fully saturated rings. The third kappa shape index (κ3) is 5.04. The highest BCUT2D eigenvalue weighted by molar-refractivity contribution is 14.1. The Morgan fingerprint density at radius 1 is 0.780 bits per heavy atom. The third-order valence-corrected chi connectivity index (χ3v) is 9.86. The number of hydrogen-bond acceptors (Lipinski definition) is 6. The normalized spacial score (nSPS) is 15.7. The number of ether oxygens (including phenoxy) is 2. The summed E-state index contributed by atoms with van der Waals surface area (Å²) in [6.07, 6.45) is 0. The fraction of sp³-hybridized carbons (Fsp3) is 0.125. The summed E-state index contributed by atoms with van der Waals surface area (Å²) in [5, 5.41) is 1.70. The van der Waals surface area contributed by atoms with E-state index in [2.05, 4.69) is 22.6 Å². The Bertz CT molecular complexity index is 1820. The van der Waals surface area contributed by atoms with E-state index in [9.17, 15) is 18.0 Å². The number of aryl methyl sites for hydroxylation is 1. The van der Waals surface area contributed by atoms with Gasteiger partial charge >= 0.3 is 11.9 Å². The van der Waals surface area contributed by atoms with E-state index in [-0.39, 0.29) is 10.5 Å². The van der Waals surface area contributed by atoms with Gasteiger partial charge in [0.2, 0.25) is 0 Å². The maximum absolute atomic E-state index is 14.6. The fourth-order valence-electron chi connectivity index (χ4n) is 5.03. The quantitative estimate of drug-likeness (QED) is 0.175. The number of methoxy groups -OCH3 is 2. The summed E-state index contributed by atoms with van der Waals surface area (Å²) in [5.74, 6) is -1.84. The van der Waals surface area contributed by atoms with Gasteiger partial charge in [-0.05, 0) is 63.5 Å². The Kier molecular flexibility index (Phi) is 8.01. The molecular formula is C32H26INO6S. The van der Waals surface area contributed by atoms with Crippen LogP contribution in [-0.2, 0) is 29.1 Å². The summed E-state index contributed by atoms with van der Waals surface area (Å²) >= 11 is 2.09. The van der Waals surface area contributed by atoms with E-state index in [1.807, 2.05) is 55.5 Å². The molecule has 208 valence electrons. The number of carbonyl (C=O) groups excluding carboxylic acids is 2. The number of hydrogen-bond donors (Lipinski definition) is 0. The van der Waals surface area contributed by atoms with Crippen LogP contribution in [0, 0.1) is 6.92 Å². The predicted octanol–water partition coefficient (Wildman–Crippen LogP) is 6.34. The lowest BCUT2D eigenvalue weighted by Crippen LogP contribution is -2.42. The number of rotatable bonds is 6. The SMILES string of the molecule is COC(=O)C1=C(C(=O)OC)N(S(=O)(=O)c2ccc(C)cc2)C(c2cccc3ccccc23)C(I)=C1c1ccccc1. The van der Waals surface area contributed by atoms with E-state index < -0.39 is 33.7 Å². The molecule has 4 aromatic rings. The smallest absolute Gasteiger partial charge is 0.356 e. The summed E-state index contributed by atoms with van der Waals surface area (Å²) in [6.45, 7) is 1.85. The molecule has 41 heavy (non-hydrogen) atoms. The van der Waals surface area contributed by atoms with E-state index in [1.165, 1.54) is 19.2 Å². The molecule has 7 nitrogen and oxygen atoms in total. The zero-order chi connectivity index (χ0) is 29.3. The Morgan fingerprint density at radius 3 is 2.05 bits per heavy atom. The number of esters is 2. The second-order valence-electron chi connectivity index (χ2n) is 9.38. The van der Waals surface area contributed by atoms with Crippen LogP contribution in [0.1, 0.15) is 22.7 Å². The molecule has 0 saturated carbocycles. The zero-order valence-electron chi connectivity index (χ0n) is 22.5. The van der Waals surface area contributed by atoms with Crippen LogP contribution >= 0.6 is 22.6 Å². The number of nitrogens with zero attached hydrogens (tertiary/aromatic N) is 1. The minimum absolute atomic E-state index is 0.0358. The lowest BCUT2D eigenvalue weighted by molar-refractivity contribution is -0.140. The predicted molar refractivity (Wildman–Crippen MR) is 165 cm³/mol. The molecule has 9 heteroatoms. The van der Waals surface area contributed by atoms with Crippen LogP contribution < -0.4 is 0 Å². The number of benzene rings is 4. The van der Waals surface area contributed by atoms with E-state index in [4.69, 9.17) is 9.47 Å². The van der Waals surface area contributed by atoms with Crippen LogP contribution in [0.25, 0.3) is 16.3 Å². The van der Waals surface area contributed by atoms with Gasteiger partial charge < -0.3 is 9.47 Å². The summed E-state index contributed by atoms with van der Waals surface area (Å²) in [4.78, 5) is 27.1. The van der Waals surface area contributed by atoms with Crippen LogP contribution in [-0.4, -0.2) is 38.9 Å². The first kappa shape index (κ1) is 28.6. The molecule has 0 saturated heterocycles. The van der Waals surface area contributed by atoms with E-state index >= 15 is 0 Å². The van der Waals surface area contributed by atoms with Crippen molar-refractivity contribution in [2.45, 2.75) is 17.9 Å². The molecular weight excluding hydrogens is 653 g/mol. The van der Waals surface area contributed by atoms with Crippen molar-refractivity contribution >= 4 is 60.9 Å². The van der Waals surface area contributed by atoms with Crippen molar-refractivity contribution in [1.29, 1.82) is 0 Å². The fourth-order valence-corrected chi connectivity index (χ4v) is 8.02. The molecule has 0 amide bonds. The highest BCUT2D eigenvalue weighted by Crippen LogP contribution is 2.51. The molecule has 0 aliphatic carbocycles. The van der Waals surface area contributed by atoms with Crippen molar-refractivity contribution in [1.82, 2.24) is 4.31 Å². The molecule has 0 bridgehead atoms. The minimum Gasteiger partial charge on any atom is -0.465 e. The molecule has 1 atom stereocenters. The Morgan fingerprint density at radius 2 is 1.39 bits per heavy atom. The van der Waals surface area contributed by atoms with Gasteiger partial charge in [-0.25, -0.2) is 22.3 Å². The van der Waals surface area contributed by atoms with Crippen molar-refractivity contribution in [3.05, 3.63) is 129 Å². The lowest BCUT2D eigenvalue weighted by Gasteiger charge is -2.39. The topological polar surface area (TPSA) is 90.0 Å². The largest absolute Gasteiger partial charge is 0.465 e. The van der Waals surface area contributed by atoms with Crippen molar-refractivity contribution in [2.24, 2.45) is 0 Å². The average Bonchev–Trinajstić information content (AvgIpc) is 3.00. The molecule has 1 aliphatic heterocycles. The van der Waals surface area contributed by atoms with Gasteiger partial charge in [0.25, 0.3) is 10.0 Å². The first-order valence-corrected chi connectivity index (χ1v) is 15.2. The van der Waals surface area contributed by atoms with Gasteiger partial charge in [-0.1, -0.05) is 90.5 Å². The first-order valence-electron chi connectivity index (χ1n) is 12.7. The number of fused-ring (bicyclic) bond motifs is 1. The van der Waals surface area contributed by atoms with Crippen molar-refractivity contribution in [3.63, 3.8) is 0 Å². The molecule has 0 spiro atoms. The lowest BCUT2D eigenvalue weighted by atomic mass is 9.87. The van der Waals surface area contributed by atoms with Gasteiger partial charge in [-0.15, -0.1) is 0 Å². The average molecular weight is 680 g/mol. The highest BCUT2D eigenvalue weighted by Gasteiger charge is 2.47. The molecule has 0 radical (unpaired) electrons. The summed E-state index contributed by atoms with van der Waals surface area (Å²) in [6, 6.07) is 27.6. The summed E-state index contributed by atoms with van der Waals surface area (Å²) < 4.78 is 41.0. The summed E-state index contributed by atoms with van der Waals surface area (Å²) in [7, 11) is -2.09. The van der Waals surface area contributed by atoms with Crippen LogP contribution in [0.3, 0.4) is 0 Å². The maximum atomic E-state index is 14.6. The standard InChI is InChI=1S/C32H26INO6S/c1-20-16-18-23(19-17-20)41(37,38)34-29(25-15-9-13-21-10-7-8-14-24(21)25)28(33)26(22-11-5-4-6-12-22)27(31(35)39-2)30(34)32(36)40-3/h4-19,29H,1-3H3. The number of halogens is 1. The van der Waals surface area contributed by atoms with Gasteiger partial charge in [0.05, 0.1) is 19.1 Å². The monoisotopic (exact) mass is 679 g/mol. The first-order chi connectivity index (χ1) is 19.7. The van der Waals surface area contributed by atoms with Gasteiger partial charge in [-0.2, -0.15) is 0 Å². The van der Waals surface area contributed by atoms with Gasteiger partial charge in [0, 0.05) is 9.15 Å². The van der Waals surface area contributed by atoms with Crippen LogP contribution in [0.5, 0.6) is 0 Å². The number of carbonyl (C=O) groups is 2. The van der Waals surface area contributed by atoms with Crippen molar-refractivity contribution < 1.29 is 27.5 Å². The molecule has 1 aliphatic rings. The third-order valence-electron chi connectivity index (χ3n) is 6.95. The van der Waals surface area contributed by atoms with Crippen LogP contribution in [0.2, 0.25) is 0 Å². The minimum atomic E-state index is -4.43. The molecule has 0 aromatic heterocycles. The zero-order valence-corrected chi connectivity index (χ0v) is 25.5. The number of sulfonamides is 1. The molecule has 0 N–H and O–H groups in total. The Labute approximate surface area is 252 Å². The van der Waals surface area contributed by atoms with Crippen molar-refractivity contribution in [2.75, 3.05) is 14.2 Å². The second-order valence-corrected chi connectivity index (χ2v) is 12.4. The summed E-state index contributed by atoms with van der Waals surface area (Å²) in [5.41, 5.74) is 1.91. The van der Waals surface area contributed by atoms with E-state index in [1.54, 1.807) is 36.4 Å². The van der Waals surface area contributed by atoms with Crippen LogP contribution in [0.4, 0.5) is 0 Å². The van der Waals surface area contributed by atoms with E-state index in [0.717, 1.165) is 27.8 Å². The van der Waals surface area contributed by atoms with Gasteiger partial charge in [-0.3, -0.25) is 0 Å². The molecule has 1 heterocycles. The Balaban J connectivity index is 1.96. The maximum Gasteiger partial charge on any atom is 0.356 e. The molecule has 5 rings (SSSR count). The van der Waals surface area contributed by atoms with Gasteiger partial charge in [0.15, 0.2) is 5.70 Å². The van der Waals surface area contributed by atoms with Gasteiger partial charge in [0.1, 0.15) is 11.6 Å². The molecule has 4 aromatic carbocycles.